The van der Waals surface area contributed by atoms with Gasteiger partial charge in [-0.25, -0.2) is 4.79 Å². The van der Waals surface area contributed by atoms with Gasteiger partial charge in [0.05, 0.1) is 0 Å². The molecule has 0 aromatic heterocycles. The van der Waals surface area contributed by atoms with Gasteiger partial charge in [0.2, 0.25) is 0 Å². The van der Waals surface area contributed by atoms with E-state index in [4.69, 9.17) is 10.5 Å². The summed E-state index contributed by atoms with van der Waals surface area (Å²) < 4.78 is 4.85. The van der Waals surface area contributed by atoms with Crippen molar-refractivity contribution in [2.75, 3.05) is 18.5 Å². The van der Waals surface area contributed by atoms with Gasteiger partial charge in [-0.1, -0.05) is 19.1 Å². The summed E-state index contributed by atoms with van der Waals surface area (Å²) in [6.07, 6.45) is 0.195. The van der Waals surface area contributed by atoms with E-state index in [0.29, 0.717) is 6.61 Å². The van der Waals surface area contributed by atoms with Gasteiger partial charge < -0.3 is 15.8 Å². The highest BCUT2D eigenvalue weighted by Crippen LogP contribution is 2.21. The van der Waals surface area contributed by atoms with Crippen LogP contribution < -0.4 is 11.1 Å². The summed E-state index contributed by atoms with van der Waals surface area (Å²) >= 11 is 0. The Bertz CT molecular complexity index is 349. The van der Waals surface area contributed by atoms with Crippen molar-refractivity contribution in [1.29, 1.82) is 0 Å². The SMILES string of the molecule is CCNc1ccc([C@@H](CC)COC(N)=O)cc1. The standard InChI is InChI=1S/C13H20N2O2/c1-3-10(9-17-13(14)16)11-5-7-12(8-6-11)15-4-2/h5-8,10,15H,3-4,9H2,1-2H3,(H2,14,16)/t10-/m0/s1. The number of amides is 1. The molecule has 0 fully saturated rings. The van der Waals surface area contributed by atoms with E-state index in [1.165, 1.54) is 0 Å². The zero-order chi connectivity index (χ0) is 12.7. The lowest BCUT2D eigenvalue weighted by molar-refractivity contribution is 0.148. The molecule has 1 rings (SSSR count). The molecule has 1 atom stereocenters. The second kappa shape index (κ2) is 6.78. The van der Waals surface area contributed by atoms with Crippen LogP contribution in [0.1, 0.15) is 31.7 Å². The summed E-state index contributed by atoms with van der Waals surface area (Å²) in [7, 11) is 0. The summed E-state index contributed by atoms with van der Waals surface area (Å²) in [4.78, 5) is 10.6. The van der Waals surface area contributed by atoms with E-state index >= 15 is 0 Å². The van der Waals surface area contributed by atoms with Crippen molar-refractivity contribution >= 4 is 11.8 Å². The molecule has 0 heterocycles. The quantitative estimate of drug-likeness (QED) is 0.798. The molecule has 0 aliphatic carbocycles. The van der Waals surface area contributed by atoms with Crippen molar-refractivity contribution in [2.24, 2.45) is 5.73 Å². The molecule has 0 aliphatic heterocycles. The average Bonchev–Trinajstić information content (AvgIpc) is 2.32. The second-order valence-electron chi connectivity index (χ2n) is 3.89. The van der Waals surface area contributed by atoms with Crippen molar-refractivity contribution in [3.05, 3.63) is 29.8 Å². The highest BCUT2D eigenvalue weighted by molar-refractivity contribution is 5.64. The third-order valence-corrected chi connectivity index (χ3v) is 2.68. The Balaban J connectivity index is 2.64. The second-order valence-corrected chi connectivity index (χ2v) is 3.89. The molecule has 3 N–H and O–H groups in total. The van der Waals surface area contributed by atoms with Crippen LogP contribution in [-0.2, 0) is 4.74 Å². The maximum absolute atomic E-state index is 10.6. The number of hydrogen-bond acceptors (Lipinski definition) is 3. The molecule has 17 heavy (non-hydrogen) atoms. The number of primary amides is 1. The largest absolute Gasteiger partial charge is 0.449 e. The van der Waals surface area contributed by atoms with Crippen molar-refractivity contribution in [2.45, 2.75) is 26.2 Å². The van der Waals surface area contributed by atoms with E-state index in [9.17, 15) is 4.79 Å². The zero-order valence-corrected chi connectivity index (χ0v) is 10.4. The molecule has 4 heteroatoms. The lowest BCUT2D eigenvalue weighted by Crippen LogP contribution is -2.17. The first-order chi connectivity index (χ1) is 8.17. The number of hydrogen-bond donors (Lipinski definition) is 2. The van der Waals surface area contributed by atoms with Crippen LogP contribution in [0, 0.1) is 0 Å². The monoisotopic (exact) mass is 236 g/mol. The van der Waals surface area contributed by atoms with Gasteiger partial charge in [0.25, 0.3) is 0 Å². The highest BCUT2D eigenvalue weighted by atomic mass is 16.5. The maximum atomic E-state index is 10.6. The molecule has 1 aromatic carbocycles. The van der Waals surface area contributed by atoms with Crippen LogP contribution in [0.2, 0.25) is 0 Å². The molecule has 0 saturated heterocycles. The minimum atomic E-state index is -0.715. The van der Waals surface area contributed by atoms with Crippen LogP contribution >= 0.6 is 0 Å². The van der Waals surface area contributed by atoms with Gasteiger partial charge in [0.1, 0.15) is 6.61 Å². The number of ether oxygens (including phenoxy) is 1. The van der Waals surface area contributed by atoms with Crippen LogP contribution in [0.15, 0.2) is 24.3 Å². The van der Waals surface area contributed by atoms with Crippen LogP contribution in [0.25, 0.3) is 0 Å². The first-order valence-corrected chi connectivity index (χ1v) is 5.93. The van der Waals surface area contributed by atoms with Gasteiger partial charge >= 0.3 is 6.09 Å². The summed E-state index contributed by atoms with van der Waals surface area (Å²) in [5, 5.41) is 3.24. The zero-order valence-electron chi connectivity index (χ0n) is 10.4. The van der Waals surface area contributed by atoms with Gasteiger partial charge in [0.15, 0.2) is 0 Å². The summed E-state index contributed by atoms with van der Waals surface area (Å²) in [6.45, 7) is 5.37. The Hall–Kier alpha value is -1.71. The van der Waals surface area contributed by atoms with Gasteiger partial charge in [-0.2, -0.15) is 0 Å². The van der Waals surface area contributed by atoms with Gasteiger partial charge in [-0.05, 0) is 31.0 Å². The number of carbonyl (C=O) groups is 1. The Morgan fingerprint density at radius 3 is 2.47 bits per heavy atom. The van der Waals surface area contributed by atoms with Gasteiger partial charge in [0, 0.05) is 18.2 Å². The van der Waals surface area contributed by atoms with E-state index in [0.717, 1.165) is 24.2 Å². The fourth-order valence-electron chi connectivity index (χ4n) is 1.71. The van der Waals surface area contributed by atoms with Crippen molar-refractivity contribution in [3.8, 4) is 0 Å². The fourth-order valence-corrected chi connectivity index (χ4v) is 1.71. The molecule has 0 aliphatic rings. The molecule has 0 saturated carbocycles. The molecule has 0 bridgehead atoms. The number of benzene rings is 1. The molecule has 1 amide bonds. The van der Waals surface area contributed by atoms with Gasteiger partial charge in [-0.3, -0.25) is 0 Å². The normalized spacial score (nSPS) is 11.9. The lowest BCUT2D eigenvalue weighted by atomic mass is 9.97. The van der Waals surface area contributed by atoms with Crippen LogP contribution in [0.4, 0.5) is 10.5 Å². The average molecular weight is 236 g/mol. The van der Waals surface area contributed by atoms with Crippen LogP contribution in [0.3, 0.4) is 0 Å². The first kappa shape index (κ1) is 13.4. The summed E-state index contributed by atoms with van der Waals surface area (Å²) in [5.74, 6) is 0.207. The molecule has 4 nitrogen and oxygen atoms in total. The molecule has 0 unspecified atom stereocenters. The van der Waals surface area contributed by atoms with Crippen molar-refractivity contribution < 1.29 is 9.53 Å². The van der Waals surface area contributed by atoms with Crippen LogP contribution in [-0.4, -0.2) is 19.2 Å². The van der Waals surface area contributed by atoms with Crippen molar-refractivity contribution in [1.82, 2.24) is 0 Å². The third-order valence-electron chi connectivity index (χ3n) is 2.68. The van der Waals surface area contributed by atoms with E-state index in [1.54, 1.807) is 0 Å². The molecule has 94 valence electrons. The lowest BCUT2D eigenvalue weighted by Gasteiger charge is -2.15. The first-order valence-electron chi connectivity index (χ1n) is 5.93. The topological polar surface area (TPSA) is 64.3 Å². The highest BCUT2D eigenvalue weighted by Gasteiger charge is 2.11. The predicted octanol–water partition coefficient (Wildman–Crippen LogP) is 2.71. The molecule has 1 aromatic rings. The smallest absolute Gasteiger partial charge is 0.404 e. The number of rotatable bonds is 6. The molecule has 0 spiro atoms. The van der Waals surface area contributed by atoms with Gasteiger partial charge in [-0.15, -0.1) is 0 Å². The number of anilines is 1. The molecule has 0 radical (unpaired) electrons. The number of nitrogens with one attached hydrogen (secondary N) is 1. The fraction of sp³-hybridized carbons (Fsp3) is 0.462. The Labute approximate surface area is 102 Å². The van der Waals surface area contributed by atoms with E-state index in [2.05, 4.69) is 31.3 Å². The van der Waals surface area contributed by atoms with E-state index in [1.807, 2.05) is 12.1 Å². The predicted molar refractivity (Wildman–Crippen MR) is 69.2 cm³/mol. The van der Waals surface area contributed by atoms with Crippen LogP contribution in [0.5, 0.6) is 0 Å². The van der Waals surface area contributed by atoms with E-state index < -0.39 is 6.09 Å². The minimum Gasteiger partial charge on any atom is -0.449 e. The third kappa shape index (κ3) is 4.34. The Morgan fingerprint density at radius 2 is 2.00 bits per heavy atom. The number of nitrogens with two attached hydrogens (primary N) is 1. The van der Waals surface area contributed by atoms with Crippen molar-refractivity contribution in [3.63, 3.8) is 0 Å². The summed E-state index contributed by atoms with van der Waals surface area (Å²) in [6, 6.07) is 8.17. The Morgan fingerprint density at radius 1 is 1.35 bits per heavy atom. The maximum Gasteiger partial charge on any atom is 0.404 e. The summed E-state index contributed by atoms with van der Waals surface area (Å²) in [5.41, 5.74) is 7.23. The Kier molecular flexibility index (Phi) is 5.33. The number of carbonyl (C=O) groups excluding carboxylic acids is 1. The molecular formula is C13H20N2O2. The molecular weight excluding hydrogens is 216 g/mol. The van der Waals surface area contributed by atoms with E-state index in [-0.39, 0.29) is 5.92 Å². The minimum absolute atomic E-state index is 0.207.